The first kappa shape index (κ1) is 21.5. The van der Waals surface area contributed by atoms with Crippen LogP contribution in [0.1, 0.15) is 53.7 Å². The molecule has 1 aliphatic carbocycles. The standard InChI is InChI=1S/C23H27N3O4/c1-4-14(2)21(23(28)24-19-11-10-16-6-5-7-17(16)12-19)25-22(27)18-9-8-15(3)20(13-18)26(29)30/h8-14,21H,4-7H2,1-3H3,(H,24,28)(H,25,27). The zero-order valence-electron chi connectivity index (χ0n) is 17.5. The highest BCUT2D eigenvalue weighted by Crippen LogP contribution is 2.25. The van der Waals surface area contributed by atoms with Crippen LogP contribution in [0.5, 0.6) is 0 Å². The third-order valence-corrected chi connectivity index (χ3v) is 5.82. The number of nitro groups is 1. The van der Waals surface area contributed by atoms with Gasteiger partial charge in [-0.15, -0.1) is 0 Å². The Morgan fingerprint density at radius 1 is 1.13 bits per heavy atom. The molecular formula is C23H27N3O4. The van der Waals surface area contributed by atoms with Gasteiger partial charge < -0.3 is 10.6 Å². The molecule has 2 N–H and O–H groups in total. The van der Waals surface area contributed by atoms with E-state index in [0.717, 1.165) is 19.3 Å². The van der Waals surface area contributed by atoms with Crippen LogP contribution in [0.3, 0.4) is 0 Å². The number of anilines is 1. The van der Waals surface area contributed by atoms with E-state index in [4.69, 9.17) is 0 Å². The van der Waals surface area contributed by atoms with Crippen molar-refractivity contribution in [2.24, 2.45) is 5.92 Å². The van der Waals surface area contributed by atoms with Gasteiger partial charge in [0.25, 0.3) is 11.6 Å². The molecule has 0 bridgehead atoms. The van der Waals surface area contributed by atoms with Crippen LogP contribution in [-0.2, 0) is 17.6 Å². The molecule has 30 heavy (non-hydrogen) atoms. The molecule has 158 valence electrons. The Morgan fingerprint density at radius 2 is 1.87 bits per heavy atom. The van der Waals surface area contributed by atoms with Crippen molar-refractivity contribution in [1.82, 2.24) is 5.32 Å². The molecule has 3 rings (SSSR count). The molecule has 0 aliphatic heterocycles. The Morgan fingerprint density at radius 3 is 2.57 bits per heavy atom. The van der Waals surface area contributed by atoms with Gasteiger partial charge in [0.2, 0.25) is 5.91 Å². The molecule has 2 atom stereocenters. The number of rotatable bonds is 7. The van der Waals surface area contributed by atoms with Crippen LogP contribution in [0.15, 0.2) is 36.4 Å². The number of nitro benzene ring substituents is 1. The van der Waals surface area contributed by atoms with Crippen LogP contribution in [0.25, 0.3) is 0 Å². The number of hydrogen-bond donors (Lipinski definition) is 2. The Balaban J connectivity index is 1.77. The van der Waals surface area contributed by atoms with Gasteiger partial charge in [-0.05, 0) is 61.4 Å². The Bertz CT molecular complexity index is 986. The number of carbonyl (C=O) groups is 2. The molecule has 0 fully saturated rings. The smallest absolute Gasteiger partial charge is 0.273 e. The minimum atomic E-state index is -0.754. The summed E-state index contributed by atoms with van der Waals surface area (Å²) in [6.45, 7) is 5.46. The molecular weight excluding hydrogens is 382 g/mol. The van der Waals surface area contributed by atoms with Crippen molar-refractivity contribution in [3.05, 3.63) is 68.8 Å². The summed E-state index contributed by atoms with van der Waals surface area (Å²) in [5.41, 5.74) is 3.81. The van der Waals surface area contributed by atoms with Gasteiger partial charge in [0.15, 0.2) is 0 Å². The number of amides is 2. The zero-order chi connectivity index (χ0) is 21.8. The molecule has 0 spiro atoms. The summed E-state index contributed by atoms with van der Waals surface area (Å²) >= 11 is 0. The third-order valence-electron chi connectivity index (χ3n) is 5.82. The average molecular weight is 409 g/mol. The summed E-state index contributed by atoms with van der Waals surface area (Å²) in [4.78, 5) is 36.4. The number of nitrogens with zero attached hydrogens (tertiary/aromatic N) is 1. The highest BCUT2D eigenvalue weighted by molar-refractivity contribution is 6.01. The first-order valence-electron chi connectivity index (χ1n) is 10.3. The molecule has 0 aromatic heterocycles. The highest BCUT2D eigenvalue weighted by Gasteiger charge is 2.27. The topological polar surface area (TPSA) is 101 Å². The molecule has 2 aromatic carbocycles. The van der Waals surface area contributed by atoms with Gasteiger partial charge in [-0.3, -0.25) is 19.7 Å². The monoisotopic (exact) mass is 409 g/mol. The van der Waals surface area contributed by atoms with E-state index in [1.165, 1.54) is 29.3 Å². The molecule has 0 radical (unpaired) electrons. The maximum atomic E-state index is 13.0. The Labute approximate surface area is 176 Å². The van der Waals surface area contributed by atoms with Crippen molar-refractivity contribution in [3.63, 3.8) is 0 Å². The van der Waals surface area contributed by atoms with E-state index in [1.807, 2.05) is 32.0 Å². The van der Waals surface area contributed by atoms with Crippen LogP contribution >= 0.6 is 0 Å². The SMILES string of the molecule is CCC(C)C(NC(=O)c1ccc(C)c([N+](=O)[O-])c1)C(=O)Nc1ccc2c(c1)CCC2. The van der Waals surface area contributed by atoms with Gasteiger partial charge in [-0.2, -0.15) is 0 Å². The summed E-state index contributed by atoms with van der Waals surface area (Å²) in [5, 5.41) is 16.9. The van der Waals surface area contributed by atoms with Crippen molar-refractivity contribution in [3.8, 4) is 0 Å². The molecule has 0 saturated heterocycles. The molecule has 1 aliphatic rings. The van der Waals surface area contributed by atoms with E-state index >= 15 is 0 Å². The fraction of sp³-hybridized carbons (Fsp3) is 0.391. The second kappa shape index (κ2) is 9.07. The van der Waals surface area contributed by atoms with Crippen molar-refractivity contribution in [2.75, 3.05) is 5.32 Å². The predicted molar refractivity (Wildman–Crippen MR) is 116 cm³/mol. The number of aryl methyl sites for hydroxylation is 3. The summed E-state index contributed by atoms with van der Waals surface area (Å²) in [7, 11) is 0. The Kier molecular flexibility index (Phi) is 6.50. The lowest BCUT2D eigenvalue weighted by Gasteiger charge is -2.24. The average Bonchev–Trinajstić information content (AvgIpc) is 3.19. The highest BCUT2D eigenvalue weighted by atomic mass is 16.6. The second-order valence-electron chi connectivity index (χ2n) is 7.92. The van der Waals surface area contributed by atoms with Crippen molar-refractivity contribution < 1.29 is 14.5 Å². The minimum Gasteiger partial charge on any atom is -0.340 e. The van der Waals surface area contributed by atoms with Crippen LogP contribution in [0, 0.1) is 23.0 Å². The van der Waals surface area contributed by atoms with Crippen LogP contribution in [0.2, 0.25) is 0 Å². The van der Waals surface area contributed by atoms with Crippen LogP contribution in [0.4, 0.5) is 11.4 Å². The van der Waals surface area contributed by atoms with E-state index in [-0.39, 0.29) is 23.1 Å². The summed E-state index contributed by atoms with van der Waals surface area (Å²) in [6.07, 6.45) is 3.89. The predicted octanol–water partition coefficient (Wildman–Crippen LogP) is 4.18. The van der Waals surface area contributed by atoms with Gasteiger partial charge in [0, 0.05) is 22.9 Å². The van der Waals surface area contributed by atoms with Gasteiger partial charge in [0.1, 0.15) is 6.04 Å². The number of hydrogen-bond acceptors (Lipinski definition) is 4. The quantitative estimate of drug-likeness (QED) is 0.529. The largest absolute Gasteiger partial charge is 0.340 e. The lowest BCUT2D eigenvalue weighted by atomic mass is 9.97. The van der Waals surface area contributed by atoms with Crippen molar-refractivity contribution in [1.29, 1.82) is 0 Å². The lowest BCUT2D eigenvalue weighted by molar-refractivity contribution is -0.385. The van der Waals surface area contributed by atoms with Crippen LogP contribution in [-0.4, -0.2) is 22.8 Å². The second-order valence-corrected chi connectivity index (χ2v) is 7.92. The maximum Gasteiger partial charge on any atom is 0.273 e. The number of fused-ring (bicyclic) bond motifs is 1. The summed E-state index contributed by atoms with van der Waals surface area (Å²) in [5.74, 6) is -0.909. The van der Waals surface area contributed by atoms with E-state index in [2.05, 4.69) is 10.6 Å². The van der Waals surface area contributed by atoms with Crippen molar-refractivity contribution >= 4 is 23.2 Å². The van der Waals surface area contributed by atoms with E-state index < -0.39 is 16.9 Å². The number of nitrogens with one attached hydrogen (secondary N) is 2. The van der Waals surface area contributed by atoms with E-state index in [0.29, 0.717) is 17.7 Å². The van der Waals surface area contributed by atoms with Gasteiger partial charge in [-0.25, -0.2) is 0 Å². The fourth-order valence-corrected chi connectivity index (χ4v) is 3.74. The number of benzene rings is 2. The van der Waals surface area contributed by atoms with Crippen molar-refractivity contribution in [2.45, 2.75) is 52.5 Å². The van der Waals surface area contributed by atoms with Gasteiger partial charge in [-0.1, -0.05) is 32.4 Å². The van der Waals surface area contributed by atoms with E-state index in [9.17, 15) is 19.7 Å². The molecule has 7 heteroatoms. The van der Waals surface area contributed by atoms with Crippen LogP contribution < -0.4 is 10.6 Å². The normalized spacial score (nSPS) is 14.5. The minimum absolute atomic E-state index is 0.108. The van der Waals surface area contributed by atoms with Gasteiger partial charge in [0.05, 0.1) is 4.92 Å². The number of carbonyl (C=O) groups excluding carboxylic acids is 2. The van der Waals surface area contributed by atoms with E-state index in [1.54, 1.807) is 6.92 Å². The first-order chi connectivity index (χ1) is 14.3. The third kappa shape index (κ3) is 4.67. The first-order valence-corrected chi connectivity index (χ1v) is 10.3. The molecule has 2 amide bonds. The fourth-order valence-electron chi connectivity index (χ4n) is 3.74. The maximum absolute atomic E-state index is 13.0. The van der Waals surface area contributed by atoms with Gasteiger partial charge >= 0.3 is 0 Å². The molecule has 2 unspecified atom stereocenters. The molecule has 2 aromatic rings. The summed E-state index contributed by atoms with van der Waals surface area (Å²) < 4.78 is 0. The lowest BCUT2D eigenvalue weighted by Crippen LogP contribution is -2.47. The Hall–Kier alpha value is -3.22. The summed E-state index contributed by atoms with van der Waals surface area (Å²) in [6, 6.07) is 9.49. The molecule has 0 heterocycles. The molecule has 7 nitrogen and oxygen atoms in total. The zero-order valence-corrected chi connectivity index (χ0v) is 17.5. The molecule has 0 saturated carbocycles.